The summed E-state index contributed by atoms with van der Waals surface area (Å²) < 4.78 is 2.16. The summed E-state index contributed by atoms with van der Waals surface area (Å²) in [7, 11) is 0. The standard InChI is InChI=1S/C12H17N3S/c1-3-11(13)12-6-14-8-15(12)9(2)10-4-5-16-7-10/h4-9,11H,3,13H2,1-2H3/t9?,11-/m1/s1. The largest absolute Gasteiger partial charge is 0.326 e. The summed E-state index contributed by atoms with van der Waals surface area (Å²) in [5.41, 5.74) is 8.50. The van der Waals surface area contributed by atoms with Crippen LogP contribution >= 0.6 is 11.3 Å². The maximum atomic E-state index is 6.07. The molecule has 86 valence electrons. The Labute approximate surface area is 99.9 Å². The third-order valence-corrected chi connectivity index (χ3v) is 3.66. The number of rotatable bonds is 4. The molecule has 0 aliphatic carbocycles. The van der Waals surface area contributed by atoms with Crippen molar-refractivity contribution in [3.05, 3.63) is 40.6 Å². The fourth-order valence-electron chi connectivity index (χ4n) is 1.81. The predicted octanol–water partition coefficient (Wildman–Crippen LogP) is 2.96. The number of nitrogens with zero attached hydrogens (tertiary/aromatic N) is 2. The van der Waals surface area contributed by atoms with Crippen LogP contribution in [0.4, 0.5) is 0 Å². The Bertz CT molecular complexity index is 433. The molecule has 16 heavy (non-hydrogen) atoms. The third kappa shape index (κ3) is 2.03. The molecule has 0 aliphatic rings. The first-order chi connectivity index (χ1) is 7.74. The van der Waals surface area contributed by atoms with Crippen molar-refractivity contribution in [2.24, 2.45) is 5.73 Å². The number of nitrogens with two attached hydrogens (primary N) is 1. The third-order valence-electron chi connectivity index (χ3n) is 2.96. The highest BCUT2D eigenvalue weighted by Crippen LogP contribution is 2.24. The predicted molar refractivity (Wildman–Crippen MR) is 67.6 cm³/mol. The SMILES string of the molecule is CC[C@@H](N)c1cncn1C(C)c1ccsc1. The lowest BCUT2D eigenvalue weighted by atomic mass is 10.1. The van der Waals surface area contributed by atoms with Gasteiger partial charge in [-0.05, 0) is 35.7 Å². The van der Waals surface area contributed by atoms with Gasteiger partial charge in [-0.2, -0.15) is 11.3 Å². The Morgan fingerprint density at radius 1 is 1.56 bits per heavy atom. The molecule has 4 heteroatoms. The zero-order chi connectivity index (χ0) is 11.5. The van der Waals surface area contributed by atoms with Crippen LogP contribution in [0.5, 0.6) is 0 Å². The zero-order valence-electron chi connectivity index (χ0n) is 9.63. The summed E-state index contributed by atoms with van der Waals surface area (Å²) >= 11 is 1.72. The van der Waals surface area contributed by atoms with Crippen LogP contribution in [0.15, 0.2) is 29.4 Å². The van der Waals surface area contributed by atoms with Gasteiger partial charge in [0.2, 0.25) is 0 Å². The van der Waals surface area contributed by atoms with Gasteiger partial charge in [0.25, 0.3) is 0 Å². The molecular formula is C12H17N3S. The zero-order valence-corrected chi connectivity index (χ0v) is 10.4. The van der Waals surface area contributed by atoms with Crippen molar-refractivity contribution in [1.82, 2.24) is 9.55 Å². The van der Waals surface area contributed by atoms with Crippen LogP contribution in [-0.2, 0) is 0 Å². The number of thiophene rings is 1. The molecule has 0 spiro atoms. The van der Waals surface area contributed by atoms with E-state index in [1.54, 1.807) is 11.3 Å². The van der Waals surface area contributed by atoms with Gasteiger partial charge in [-0.25, -0.2) is 4.98 Å². The summed E-state index contributed by atoms with van der Waals surface area (Å²) in [5.74, 6) is 0. The van der Waals surface area contributed by atoms with Crippen LogP contribution in [-0.4, -0.2) is 9.55 Å². The average molecular weight is 235 g/mol. The molecule has 0 bridgehead atoms. The van der Waals surface area contributed by atoms with Crippen molar-refractivity contribution in [3.8, 4) is 0 Å². The van der Waals surface area contributed by atoms with Crippen LogP contribution in [0.1, 0.15) is 43.6 Å². The lowest BCUT2D eigenvalue weighted by Crippen LogP contribution is -2.16. The van der Waals surface area contributed by atoms with Gasteiger partial charge in [0.1, 0.15) is 0 Å². The molecule has 2 aromatic heterocycles. The molecule has 0 aliphatic heterocycles. The molecular weight excluding hydrogens is 218 g/mol. The molecule has 3 nitrogen and oxygen atoms in total. The molecule has 0 amide bonds. The maximum absolute atomic E-state index is 6.07. The second-order valence-electron chi connectivity index (χ2n) is 3.97. The van der Waals surface area contributed by atoms with Crippen molar-refractivity contribution in [1.29, 1.82) is 0 Å². The Morgan fingerprint density at radius 3 is 3.00 bits per heavy atom. The van der Waals surface area contributed by atoms with Gasteiger partial charge < -0.3 is 10.3 Å². The van der Waals surface area contributed by atoms with E-state index in [-0.39, 0.29) is 6.04 Å². The van der Waals surface area contributed by atoms with Gasteiger partial charge >= 0.3 is 0 Å². The second kappa shape index (κ2) is 4.80. The highest BCUT2D eigenvalue weighted by molar-refractivity contribution is 7.07. The maximum Gasteiger partial charge on any atom is 0.0954 e. The quantitative estimate of drug-likeness (QED) is 0.885. The number of hydrogen-bond donors (Lipinski definition) is 1. The molecule has 0 saturated carbocycles. The van der Waals surface area contributed by atoms with Crippen LogP contribution in [0, 0.1) is 0 Å². The van der Waals surface area contributed by atoms with Crippen molar-refractivity contribution in [2.75, 3.05) is 0 Å². The van der Waals surface area contributed by atoms with Gasteiger partial charge in [0, 0.05) is 12.2 Å². The van der Waals surface area contributed by atoms with Crippen LogP contribution in [0.2, 0.25) is 0 Å². The van der Waals surface area contributed by atoms with Crippen molar-refractivity contribution < 1.29 is 0 Å². The molecule has 1 unspecified atom stereocenters. The number of aromatic nitrogens is 2. The fourth-order valence-corrected chi connectivity index (χ4v) is 2.56. The summed E-state index contributed by atoms with van der Waals surface area (Å²) in [6, 6.07) is 2.53. The van der Waals surface area contributed by atoms with Gasteiger partial charge in [-0.15, -0.1) is 0 Å². The van der Waals surface area contributed by atoms with E-state index in [4.69, 9.17) is 5.73 Å². The second-order valence-corrected chi connectivity index (χ2v) is 4.75. The molecule has 2 atom stereocenters. The van der Waals surface area contributed by atoms with E-state index in [9.17, 15) is 0 Å². The van der Waals surface area contributed by atoms with Gasteiger partial charge in [-0.1, -0.05) is 6.92 Å². The summed E-state index contributed by atoms with van der Waals surface area (Å²) in [4.78, 5) is 4.21. The van der Waals surface area contributed by atoms with Crippen molar-refractivity contribution in [2.45, 2.75) is 32.4 Å². The summed E-state index contributed by atoms with van der Waals surface area (Å²) in [6.07, 6.45) is 4.67. The molecule has 2 rings (SSSR count). The topological polar surface area (TPSA) is 43.8 Å². The van der Waals surface area contributed by atoms with E-state index in [1.807, 2.05) is 12.5 Å². The lowest BCUT2D eigenvalue weighted by molar-refractivity contribution is 0.559. The molecule has 0 saturated heterocycles. The highest BCUT2D eigenvalue weighted by atomic mass is 32.1. The molecule has 2 aromatic rings. The highest BCUT2D eigenvalue weighted by Gasteiger charge is 2.15. The fraction of sp³-hybridized carbons (Fsp3) is 0.417. The van der Waals surface area contributed by atoms with E-state index < -0.39 is 0 Å². The van der Waals surface area contributed by atoms with Gasteiger partial charge in [0.15, 0.2) is 0 Å². The molecule has 0 fully saturated rings. The number of imidazole rings is 1. The van der Waals surface area contributed by atoms with E-state index in [2.05, 4.69) is 40.2 Å². The first-order valence-corrected chi connectivity index (χ1v) is 6.47. The molecule has 2 heterocycles. The van der Waals surface area contributed by atoms with Crippen molar-refractivity contribution >= 4 is 11.3 Å². The minimum absolute atomic E-state index is 0.0728. The summed E-state index contributed by atoms with van der Waals surface area (Å²) in [5, 5.41) is 4.27. The summed E-state index contributed by atoms with van der Waals surface area (Å²) in [6.45, 7) is 4.27. The normalized spacial score (nSPS) is 14.9. The van der Waals surface area contributed by atoms with Gasteiger partial charge in [0.05, 0.1) is 18.1 Å². The first kappa shape index (κ1) is 11.4. The Balaban J connectivity index is 2.30. The molecule has 0 radical (unpaired) electrons. The van der Waals surface area contributed by atoms with Crippen LogP contribution in [0.25, 0.3) is 0 Å². The Hall–Kier alpha value is -1.13. The monoisotopic (exact) mass is 235 g/mol. The van der Waals surface area contributed by atoms with E-state index >= 15 is 0 Å². The smallest absolute Gasteiger partial charge is 0.0954 e. The minimum atomic E-state index is 0.0728. The van der Waals surface area contributed by atoms with E-state index in [0.717, 1.165) is 12.1 Å². The van der Waals surface area contributed by atoms with Crippen molar-refractivity contribution in [3.63, 3.8) is 0 Å². The number of hydrogen-bond acceptors (Lipinski definition) is 3. The van der Waals surface area contributed by atoms with E-state index in [1.165, 1.54) is 5.56 Å². The minimum Gasteiger partial charge on any atom is -0.326 e. The van der Waals surface area contributed by atoms with Crippen LogP contribution < -0.4 is 5.73 Å². The Morgan fingerprint density at radius 2 is 2.38 bits per heavy atom. The first-order valence-electron chi connectivity index (χ1n) is 5.53. The van der Waals surface area contributed by atoms with E-state index in [0.29, 0.717) is 6.04 Å². The molecule has 0 aromatic carbocycles. The van der Waals surface area contributed by atoms with Gasteiger partial charge in [-0.3, -0.25) is 0 Å². The lowest BCUT2D eigenvalue weighted by Gasteiger charge is -2.18. The van der Waals surface area contributed by atoms with Crippen LogP contribution in [0.3, 0.4) is 0 Å². The average Bonchev–Trinajstić information content (AvgIpc) is 2.97. The molecule has 2 N–H and O–H groups in total. The Kier molecular flexibility index (Phi) is 3.41.